The fraction of sp³-hybridized carbons (Fsp3) is 0.538. The summed E-state index contributed by atoms with van der Waals surface area (Å²) in [6, 6.07) is 6.48. The Morgan fingerprint density at radius 1 is 1.47 bits per heavy atom. The van der Waals surface area contributed by atoms with E-state index in [0.717, 1.165) is 12.8 Å². The highest BCUT2D eigenvalue weighted by Crippen LogP contribution is 2.41. The first-order valence-electron chi connectivity index (χ1n) is 5.43. The maximum Gasteiger partial charge on any atom is 0.0602 e. The van der Waals surface area contributed by atoms with E-state index in [0.29, 0.717) is 5.25 Å². The van der Waals surface area contributed by atoms with Gasteiger partial charge in [-0.1, -0.05) is 12.1 Å². The predicted molar refractivity (Wildman–Crippen MR) is 65.4 cm³/mol. The molecule has 82 valence electrons. The van der Waals surface area contributed by atoms with E-state index in [1.807, 2.05) is 25.6 Å². The quantitative estimate of drug-likeness (QED) is 0.829. The number of hydrogen-bond acceptors (Lipinski definition) is 2. The molecule has 1 heterocycles. The summed E-state index contributed by atoms with van der Waals surface area (Å²) < 4.78 is 0. The molecule has 0 saturated carbocycles. The molecule has 1 N–H and O–H groups in total. The van der Waals surface area contributed by atoms with Crippen LogP contribution in [-0.2, 0) is 6.42 Å². The molecule has 0 radical (unpaired) electrons. The van der Waals surface area contributed by atoms with Crippen LogP contribution < -0.4 is 0 Å². The van der Waals surface area contributed by atoms with Gasteiger partial charge in [0.05, 0.1) is 5.60 Å². The maximum atomic E-state index is 9.81. The lowest BCUT2D eigenvalue weighted by molar-refractivity contribution is 0.0709. The Kier molecular flexibility index (Phi) is 2.82. The van der Waals surface area contributed by atoms with E-state index >= 15 is 0 Å². The monoisotopic (exact) mass is 222 g/mol. The summed E-state index contributed by atoms with van der Waals surface area (Å²) in [4.78, 5) is 1.41. The lowest BCUT2D eigenvalue weighted by Crippen LogP contribution is -2.24. The first-order valence-corrected chi connectivity index (χ1v) is 6.31. The zero-order valence-electron chi connectivity index (χ0n) is 9.58. The average Bonchev–Trinajstić information content (AvgIpc) is 2.45. The minimum absolute atomic E-state index is 0.543. The third-order valence-corrected chi connectivity index (χ3v) is 4.12. The van der Waals surface area contributed by atoms with Crippen LogP contribution in [0, 0.1) is 6.92 Å². The van der Waals surface area contributed by atoms with Crippen LogP contribution in [0.15, 0.2) is 23.1 Å². The number of hydrogen-bond donors (Lipinski definition) is 1. The Morgan fingerprint density at radius 2 is 2.20 bits per heavy atom. The second-order valence-corrected chi connectivity index (χ2v) is 6.35. The summed E-state index contributed by atoms with van der Waals surface area (Å²) in [5, 5.41) is 10.4. The van der Waals surface area contributed by atoms with Crippen molar-refractivity contribution >= 4 is 11.8 Å². The van der Waals surface area contributed by atoms with Crippen molar-refractivity contribution in [3.63, 3.8) is 0 Å². The Hall–Kier alpha value is -0.470. The molecule has 2 rings (SSSR count). The highest BCUT2D eigenvalue weighted by Gasteiger charge is 2.28. The van der Waals surface area contributed by atoms with Gasteiger partial charge in [-0.3, -0.25) is 0 Å². The van der Waals surface area contributed by atoms with Crippen LogP contribution in [0.1, 0.15) is 31.4 Å². The van der Waals surface area contributed by atoms with Crippen LogP contribution in [0.5, 0.6) is 0 Å². The van der Waals surface area contributed by atoms with E-state index in [2.05, 4.69) is 25.1 Å². The van der Waals surface area contributed by atoms with Gasteiger partial charge >= 0.3 is 0 Å². The second kappa shape index (κ2) is 3.84. The first-order chi connectivity index (χ1) is 6.96. The molecule has 1 atom stereocenters. The zero-order chi connectivity index (χ0) is 11.1. The summed E-state index contributed by atoms with van der Waals surface area (Å²) in [5.41, 5.74) is 2.32. The Bertz CT molecular complexity index is 365. The fourth-order valence-corrected chi connectivity index (χ4v) is 3.81. The van der Waals surface area contributed by atoms with Crippen LogP contribution in [0.2, 0.25) is 0 Å². The molecular formula is C13H18OS. The van der Waals surface area contributed by atoms with E-state index < -0.39 is 5.60 Å². The molecule has 1 nitrogen and oxygen atoms in total. The number of aliphatic hydroxyl groups is 1. The van der Waals surface area contributed by atoms with Gasteiger partial charge in [-0.15, -0.1) is 11.8 Å². The van der Waals surface area contributed by atoms with Crippen molar-refractivity contribution in [2.75, 3.05) is 0 Å². The van der Waals surface area contributed by atoms with Crippen LogP contribution in [0.4, 0.5) is 0 Å². The van der Waals surface area contributed by atoms with Gasteiger partial charge < -0.3 is 5.11 Å². The standard InChI is InChI=1S/C13H18OS/c1-9-5-4-6-12-11(9)7-10(15-12)8-13(2,3)14/h4-6,10,14H,7-8H2,1-3H3. The molecule has 0 aliphatic carbocycles. The van der Waals surface area contributed by atoms with Gasteiger partial charge in [-0.2, -0.15) is 0 Å². The molecule has 0 bridgehead atoms. The van der Waals surface area contributed by atoms with Crippen molar-refractivity contribution in [2.24, 2.45) is 0 Å². The molecule has 0 amide bonds. The Labute approximate surface area is 95.9 Å². The molecule has 0 spiro atoms. The lowest BCUT2D eigenvalue weighted by Gasteiger charge is -2.20. The molecule has 0 saturated heterocycles. The zero-order valence-corrected chi connectivity index (χ0v) is 10.4. The molecule has 1 unspecified atom stereocenters. The van der Waals surface area contributed by atoms with Crippen LogP contribution in [0.3, 0.4) is 0 Å². The van der Waals surface area contributed by atoms with E-state index in [1.165, 1.54) is 16.0 Å². The molecule has 1 aromatic rings. The van der Waals surface area contributed by atoms with Crippen LogP contribution >= 0.6 is 11.8 Å². The normalized spacial score (nSPS) is 20.4. The third-order valence-electron chi connectivity index (χ3n) is 2.82. The molecule has 1 aromatic carbocycles. The van der Waals surface area contributed by atoms with Crippen molar-refractivity contribution in [3.05, 3.63) is 29.3 Å². The van der Waals surface area contributed by atoms with Crippen molar-refractivity contribution in [3.8, 4) is 0 Å². The number of thioether (sulfide) groups is 1. The van der Waals surface area contributed by atoms with Crippen molar-refractivity contribution < 1.29 is 5.11 Å². The summed E-state index contributed by atoms with van der Waals surface area (Å²) in [6.07, 6.45) is 1.97. The number of fused-ring (bicyclic) bond motifs is 1. The third kappa shape index (κ3) is 2.56. The molecule has 0 fully saturated rings. The maximum absolute atomic E-state index is 9.81. The summed E-state index contributed by atoms with van der Waals surface area (Å²) in [5.74, 6) is 0. The number of benzene rings is 1. The predicted octanol–water partition coefficient (Wildman–Crippen LogP) is 3.17. The minimum Gasteiger partial charge on any atom is -0.390 e. The highest BCUT2D eigenvalue weighted by atomic mass is 32.2. The summed E-state index contributed by atoms with van der Waals surface area (Å²) in [6.45, 7) is 5.96. The van der Waals surface area contributed by atoms with Crippen molar-refractivity contribution in [1.82, 2.24) is 0 Å². The number of rotatable bonds is 2. The van der Waals surface area contributed by atoms with E-state index in [9.17, 15) is 5.11 Å². The second-order valence-electron chi connectivity index (χ2n) is 5.01. The molecule has 1 aliphatic rings. The van der Waals surface area contributed by atoms with Crippen molar-refractivity contribution in [1.29, 1.82) is 0 Å². The lowest BCUT2D eigenvalue weighted by atomic mass is 9.97. The molecular weight excluding hydrogens is 204 g/mol. The van der Waals surface area contributed by atoms with Crippen LogP contribution in [0.25, 0.3) is 0 Å². The first kappa shape index (κ1) is 11.0. The summed E-state index contributed by atoms with van der Waals surface area (Å²) >= 11 is 1.92. The minimum atomic E-state index is -0.548. The highest BCUT2D eigenvalue weighted by molar-refractivity contribution is 8.00. The smallest absolute Gasteiger partial charge is 0.0602 e. The molecule has 0 aromatic heterocycles. The van der Waals surface area contributed by atoms with E-state index in [-0.39, 0.29) is 0 Å². The van der Waals surface area contributed by atoms with Gasteiger partial charge in [0, 0.05) is 10.1 Å². The molecule has 1 aliphatic heterocycles. The molecule has 15 heavy (non-hydrogen) atoms. The van der Waals surface area contributed by atoms with E-state index in [1.54, 1.807) is 0 Å². The van der Waals surface area contributed by atoms with Crippen LogP contribution in [-0.4, -0.2) is 16.0 Å². The molecule has 2 heteroatoms. The topological polar surface area (TPSA) is 20.2 Å². The van der Waals surface area contributed by atoms with Gasteiger partial charge in [-0.25, -0.2) is 0 Å². The van der Waals surface area contributed by atoms with Crippen molar-refractivity contribution in [2.45, 2.75) is 49.4 Å². The van der Waals surface area contributed by atoms with Gasteiger partial charge in [0.2, 0.25) is 0 Å². The van der Waals surface area contributed by atoms with Gasteiger partial charge in [-0.05, 0) is 50.8 Å². The average molecular weight is 222 g/mol. The SMILES string of the molecule is Cc1cccc2c1CC(CC(C)(C)O)S2. The number of aryl methyl sites for hydroxylation is 1. The Morgan fingerprint density at radius 3 is 2.80 bits per heavy atom. The Balaban J connectivity index is 2.13. The summed E-state index contributed by atoms with van der Waals surface area (Å²) in [7, 11) is 0. The van der Waals surface area contributed by atoms with E-state index in [4.69, 9.17) is 0 Å². The van der Waals surface area contributed by atoms with Gasteiger partial charge in [0.1, 0.15) is 0 Å². The fourth-order valence-electron chi connectivity index (χ4n) is 2.17. The van der Waals surface area contributed by atoms with Gasteiger partial charge in [0.15, 0.2) is 0 Å². The largest absolute Gasteiger partial charge is 0.390 e. The van der Waals surface area contributed by atoms with Gasteiger partial charge in [0.25, 0.3) is 0 Å².